The molecule has 8 heteroatoms. The van der Waals surface area contributed by atoms with E-state index < -0.39 is 17.7 Å². The molecule has 0 atom stereocenters. The lowest BCUT2D eigenvalue weighted by molar-refractivity contribution is -0.137. The first-order valence-corrected chi connectivity index (χ1v) is 6.16. The molecular formula is C12H8BrF3N2O2. The molecule has 0 aliphatic heterocycles. The van der Waals surface area contributed by atoms with Gasteiger partial charge in [-0.1, -0.05) is 15.9 Å². The zero-order chi connectivity index (χ0) is 15.1. The number of carbonyl (C=O) groups is 1. The van der Waals surface area contributed by atoms with Gasteiger partial charge in [0.25, 0.3) is 0 Å². The van der Waals surface area contributed by atoms with E-state index in [-0.39, 0.29) is 16.9 Å². The second-order valence-corrected chi connectivity index (χ2v) is 4.95. The number of aromatic carboxylic acids is 1. The SMILES string of the molecule is Cc1nn(-c2cc(Br)ccc2C(F)(F)F)cc1C(=O)O. The molecule has 1 aromatic carbocycles. The van der Waals surface area contributed by atoms with Crippen LogP contribution in [0, 0.1) is 6.92 Å². The maximum atomic E-state index is 13.0. The van der Waals surface area contributed by atoms with E-state index in [1.54, 1.807) is 0 Å². The number of rotatable bonds is 2. The molecule has 0 amide bonds. The van der Waals surface area contributed by atoms with E-state index in [1.807, 2.05) is 0 Å². The van der Waals surface area contributed by atoms with Crippen molar-refractivity contribution >= 4 is 21.9 Å². The highest BCUT2D eigenvalue weighted by Crippen LogP contribution is 2.35. The number of hydrogen-bond donors (Lipinski definition) is 1. The highest BCUT2D eigenvalue weighted by molar-refractivity contribution is 9.10. The Hall–Kier alpha value is -1.83. The molecule has 0 aliphatic carbocycles. The summed E-state index contributed by atoms with van der Waals surface area (Å²) in [5.41, 5.74) is -1.12. The molecule has 2 rings (SSSR count). The minimum absolute atomic E-state index is 0.141. The Morgan fingerprint density at radius 3 is 2.55 bits per heavy atom. The number of carboxylic acid groups (broad SMARTS) is 1. The van der Waals surface area contributed by atoms with Crippen molar-refractivity contribution in [1.29, 1.82) is 0 Å². The van der Waals surface area contributed by atoms with E-state index in [0.717, 1.165) is 16.9 Å². The summed E-state index contributed by atoms with van der Waals surface area (Å²) >= 11 is 3.09. The predicted octanol–water partition coefficient (Wildman–Crippen LogP) is 3.66. The van der Waals surface area contributed by atoms with Crippen LogP contribution in [0.25, 0.3) is 5.69 Å². The molecule has 0 saturated carbocycles. The Kier molecular flexibility index (Phi) is 3.59. The van der Waals surface area contributed by atoms with E-state index in [9.17, 15) is 18.0 Å². The van der Waals surface area contributed by atoms with Crippen LogP contribution >= 0.6 is 15.9 Å². The maximum Gasteiger partial charge on any atom is 0.418 e. The van der Waals surface area contributed by atoms with Gasteiger partial charge >= 0.3 is 12.1 Å². The topological polar surface area (TPSA) is 55.1 Å². The number of alkyl halides is 3. The number of carboxylic acids is 1. The molecule has 106 valence electrons. The summed E-state index contributed by atoms with van der Waals surface area (Å²) in [4.78, 5) is 10.9. The van der Waals surface area contributed by atoms with Crippen molar-refractivity contribution in [2.75, 3.05) is 0 Å². The lowest BCUT2D eigenvalue weighted by atomic mass is 10.1. The van der Waals surface area contributed by atoms with Crippen LogP contribution in [0.3, 0.4) is 0 Å². The van der Waals surface area contributed by atoms with Gasteiger partial charge in [0.05, 0.1) is 16.9 Å². The quantitative estimate of drug-likeness (QED) is 0.900. The molecular weight excluding hydrogens is 341 g/mol. The fourth-order valence-corrected chi connectivity index (χ4v) is 2.08. The van der Waals surface area contributed by atoms with Crippen LogP contribution in [0.1, 0.15) is 21.6 Å². The third kappa shape index (κ3) is 2.69. The summed E-state index contributed by atoms with van der Waals surface area (Å²) in [6.07, 6.45) is -3.49. The smallest absolute Gasteiger partial charge is 0.418 e. The van der Waals surface area contributed by atoms with Crippen molar-refractivity contribution in [3.8, 4) is 5.69 Å². The van der Waals surface area contributed by atoms with Crippen molar-refractivity contribution < 1.29 is 23.1 Å². The maximum absolute atomic E-state index is 13.0. The summed E-state index contributed by atoms with van der Waals surface area (Å²) in [6.45, 7) is 1.42. The molecule has 0 unspecified atom stereocenters. The van der Waals surface area contributed by atoms with E-state index >= 15 is 0 Å². The molecule has 0 spiro atoms. The first kappa shape index (κ1) is 14.6. The largest absolute Gasteiger partial charge is 0.478 e. The van der Waals surface area contributed by atoms with Crippen molar-refractivity contribution in [3.05, 3.63) is 45.7 Å². The molecule has 0 radical (unpaired) electrons. The summed E-state index contributed by atoms with van der Waals surface area (Å²) < 4.78 is 40.2. The van der Waals surface area contributed by atoms with E-state index in [4.69, 9.17) is 5.11 Å². The lowest BCUT2D eigenvalue weighted by Gasteiger charge is -2.13. The Morgan fingerprint density at radius 1 is 1.40 bits per heavy atom. The minimum atomic E-state index is -4.56. The molecule has 4 nitrogen and oxygen atoms in total. The number of nitrogens with zero attached hydrogens (tertiary/aromatic N) is 2. The van der Waals surface area contributed by atoms with Gasteiger partial charge < -0.3 is 5.11 Å². The average Bonchev–Trinajstić information content (AvgIpc) is 2.69. The van der Waals surface area contributed by atoms with E-state index in [0.29, 0.717) is 4.47 Å². The third-order valence-corrected chi connectivity index (χ3v) is 3.13. The van der Waals surface area contributed by atoms with E-state index in [2.05, 4.69) is 21.0 Å². The van der Waals surface area contributed by atoms with Gasteiger partial charge in [-0.15, -0.1) is 0 Å². The molecule has 0 aliphatic rings. The van der Waals surface area contributed by atoms with Gasteiger partial charge in [0, 0.05) is 10.7 Å². The molecule has 20 heavy (non-hydrogen) atoms. The van der Waals surface area contributed by atoms with Gasteiger partial charge in [-0.3, -0.25) is 0 Å². The van der Waals surface area contributed by atoms with Crippen LogP contribution in [-0.4, -0.2) is 20.9 Å². The Bertz CT molecular complexity index is 680. The number of benzene rings is 1. The molecule has 1 heterocycles. The zero-order valence-corrected chi connectivity index (χ0v) is 11.7. The average molecular weight is 349 g/mol. The fourth-order valence-electron chi connectivity index (χ4n) is 1.73. The number of aryl methyl sites for hydroxylation is 1. The second kappa shape index (κ2) is 4.93. The van der Waals surface area contributed by atoms with Crippen molar-refractivity contribution in [3.63, 3.8) is 0 Å². The van der Waals surface area contributed by atoms with Crippen LogP contribution in [0.15, 0.2) is 28.9 Å². The van der Waals surface area contributed by atoms with Crippen LogP contribution in [0.2, 0.25) is 0 Å². The second-order valence-electron chi connectivity index (χ2n) is 4.04. The molecule has 0 saturated heterocycles. The number of aromatic nitrogens is 2. The van der Waals surface area contributed by atoms with Crippen LogP contribution in [0.4, 0.5) is 13.2 Å². The lowest BCUT2D eigenvalue weighted by Crippen LogP contribution is -2.11. The zero-order valence-electron chi connectivity index (χ0n) is 10.1. The highest BCUT2D eigenvalue weighted by Gasteiger charge is 2.34. The van der Waals surface area contributed by atoms with Gasteiger partial charge in [-0.25, -0.2) is 9.48 Å². The number of halogens is 4. The van der Waals surface area contributed by atoms with Crippen molar-refractivity contribution in [2.24, 2.45) is 0 Å². The fraction of sp³-hybridized carbons (Fsp3) is 0.167. The molecule has 2 aromatic rings. The molecule has 0 fully saturated rings. The number of hydrogen-bond acceptors (Lipinski definition) is 2. The van der Waals surface area contributed by atoms with E-state index in [1.165, 1.54) is 19.1 Å². The summed E-state index contributed by atoms with van der Waals surface area (Å²) in [5, 5.41) is 12.8. The summed E-state index contributed by atoms with van der Waals surface area (Å²) in [7, 11) is 0. The molecule has 0 bridgehead atoms. The van der Waals surface area contributed by atoms with Crippen LogP contribution < -0.4 is 0 Å². The molecule has 1 N–H and O–H groups in total. The highest BCUT2D eigenvalue weighted by atomic mass is 79.9. The molecule has 1 aromatic heterocycles. The standard InChI is InChI=1S/C12H8BrF3N2O2/c1-6-8(11(19)20)5-18(17-6)10-4-7(13)2-3-9(10)12(14,15)16/h2-5H,1H3,(H,19,20). The minimum Gasteiger partial charge on any atom is -0.478 e. The predicted molar refractivity (Wildman–Crippen MR) is 68.0 cm³/mol. The van der Waals surface area contributed by atoms with Gasteiger partial charge in [-0.05, 0) is 25.1 Å². The Morgan fingerprint density at radius 2 is 2.05 bits per heavy atom. The Balaban J connectivity index is 2.66. The Labute approximate surface area is 120 Å². The van der Waals surface area contributed by atoms with Crippen molar-refractivity contribution in [1.82, 2.24) is 9.78 Å². The van der Waals surface area contributed by atoms with Gasteiger partial charge in [0.2, 0.25) is 0 Å². The summed E-state index contributed by atoms with van der Waals surface area (Å²) in [6, 6.07) is 3.42. The van der Waals surface area contributed by atoms with Crippen molar-refractivity contribution in [2.45, 2.75) is 13.1 Å². The van der Waals surface area contributed by atoms with Crippen LogP contribution in [-0.2, 0) is 6.18 Å². The normalized spacial score (nSPS) is 11.7. The monoisotopic (exact) mass is 348 g/mol. The van der Waals surface area contributed by atoms with Gasteiger partial charge in [-0.2, -0.15) is 18.3 Å². The van der Waals surface area contributed by atoms with Crippen LogP contribution in [0.5, 0.6) is 0 Å². The first-order valence-electron chi connectivity index (χ1n) is 5.37. The third-order valence-electron chi connectivity index (χ3n) is 2.64. The van der Waals surface area contributed by atoms with Gasteiger partial charge in [0.1, 0.15) is 5.56 Å². The first-order chi connectivity index (χ1) is 9.20. The summed E-state index contributed by atoms with van der Waals surface area (Å²) in [5.74, 6) is -1.24. The van der Waals surface area contributed by atoms with Gasteiger partial charge in [0.15, 0.2) is 0 Å².